The highest BCUT2D eigenvalue weighted by molar-refractivity contribution is 6.16. The van der Waals surface area contributed by atoms with Gasteiger partial charge in [0.05, 0.1) is 19.9 Å². The fraction of sp³-hybridized carbons (Fsp3) is 0.292. The topological polar surface area (TPSA) is 100 Å². The van der Waals surface area contributed by atoms with Crippen molar-refractivity contribution in [1.29, 1.82) is 0 Å². The molecule has 0 radical (unpaired) electrons. The monoisotopic (exact) mass is 450 g/mol. The van der Waals surface area contributed by atoms with Crippen molar-refractivity contribution in [3.05, 3.63) is 53.7 Å². The lowest BCUT2D eigenvalue weighted by Crippen LogP contribution is -2.38. The van der Waals surface area contributed by atoms with Crippen LogP contribution < -0.4 is 25.0 Å². The van der Waals surface area contributed by atoms with Crippen LogP contribution in [0.4, 0.5) is 16.2 Å². The van der Waals surface area contributed by atoms with E-state index >= 15 is 0 Å². The third-order valence-corrected chi connectivity index (χ3v) is 5.63. The lowest BCUT2D eigenvalue weighted by Gasteiger charge is -2.19. The van der Waals surface area contributed by atoms with Gasteiger partial charge in [0.15, 0.2) is 0 Å². The maximum atomic E-state index is 12.8. The molecule has 2 N–H and O–H groups in total. The lowest BCUT2D eigenvalue weighted by molar-refractivity contribution is -0.127. The molecule has 4 amide bonds. The first kappa shape index (κ1) is 22.2. The molecule has 0 atom stereocenters. The summed E-state index contributed by atoms with van der Waals surface area (Å²) in [5.41, 5.74) is 2.25. The molecular weight excluding hydrogens is 424 g/mol. The first-order valence-corrected chi connectivity index (χ1v) is 10.7. The SMILES string of the molecule is COc1cc(N2CCCC2)ccc1/C=C1/NC(=O)N(CC(=O)Nc2ccccc2OC)C1=O. The molecule has 2 aliphatic rings. The van der Waals surface area contributed by atoms with E-state index in [0.29, 0.717) is 22.7 Å². The molecule has 0 aromatic heterocycles. The van der Waals surface area contributed by atoms with Gasteiger partial charge in [-0.3, -0.25) is 9.59 Å². The summed E-state index contributed by atoms with van der Waals surface area (Å²) >= 11 is 0. The van der Waals surface area contributed by atoms with E-state index in [1.807, 2.05) is 18.2 Å². The Morgan fingerprint density at radius 3 is 2.52 bits per heavy atom. The molecular formula is C24H26N4O5. The van der Waals surface area contributed by atoms with Crippen LogP contribution in [0.2, 0.25) is 0 Å². The van der Waals surface area contributed by atoms with E-state index in [1.54, 1.807) is 37.5 Å². The normalized spacial score (nSPS) is 16.8. The van der Waals surface area contributed by atoms with Crippen LogP contribution in [-0.4, -0.2) is 56.6 Å². The summed E-state index contributed by atoms with van der Waals surface area (Å²) < 4.78 is 10.7. The van der Waals surface area contributed by atoms with Crippen molar-refractivity contribution in [1.82, 2.24) is 10.2 Å². The van der Waals surface area contributed by atoms with Gasteiger partial charge in [-0.2, -0.15) is 0 Å². The predicted octanol–water partition coefficient (Wildman–Crippen LogP) is 2.84. The van der Waals surface area contributed by atoms with Crippen molar-refractivity contribution in [3.8, 4) is 11.5 Å². The Kier molecular flexibility index (Phi) is 6.48. The quantitative estimate of drug-likeness (QED) is 0.497. The predicted molar refractivity (Wildman–Crippen MR) is 124 cm³/mol. The average molecular weight is 450 g/mol. The molecule has 172 valence electrons. The average Bonchev–Trinajstić information content (AvgIpc) is 3.45. The van der Waals surface area contributed by atoms with Gasteiger partial charge in [-0.15, -0.1) is 0 Å². The Labute approximate surface area is 191 Å². The van der Waals surface area contributed by atoms with Gasteiger partial charge in [0, 0.05) is 30.4 Å². The van der Waals surface area contributed by atoms with Crippen molar-refractivity contribution >= 4 is 35.3 Å². The summed E-state index contributed by atoms with van der Waals surface area (Å²) in [6, 6.07) is 12.0. The minimum absolute atomic E-state index is 0.0808. The first-order valence-electron chi connectivity index (χ1n) is 10.7. The number of ether oxygens (including phenoxy) is 2. The Morgan fingerprint density at radius 1 is 1.06 bits per heavy atom. The number of hydrogen-bond donors (Lipinski definition) is 2. The third-order valence-electron chi connectivity index (χ3n) is 5.63. The molecule has 33 heavy (non-hydrogen) atoms. The molecule has 2 heterocycles. The van der Waals surface area contributed by atoms with E-state index in [9.17, 15) is 14.4 Å². The summed E-state index contributed by atoms with van der Waals surface area (Å²) in [7, 11) is 3.06. The molecule has 2 aromatic carbocycles. The van der Waals surface area contributed by atoms with Crippen LogP contribution in [0.15, 0.2) is 48.2 Å². The van der Waals surface area contributed by atoms with E-state index in [0.717, 1.165) is 36.5 Å². The Hall–Kier alpha value is -4.01. The van der Waals surface area contributed by atoms with E-state index in [-0.39, 0.29) is 5.70 Å². The molecule has 4 rings (SSSR count). The van der Waals surface area contributed by atoms with Gasteiger partial charge >= 0.3 is 6.03 Å². The Balaban J connectivity index is 1.48. The Morgan fingerprint density at radius 2 is 1.79 bits per heavy atom. The summed E-state index contributed by atoms with van der Waals surface area (Å²) in [5.74, 6) is -0.0212. The zero-order valence-electron chi connectivity index (χ0n) is 18.6. The van der Waals surface area contributed by atoms with Gasteiger partial charge in [0.2, 0.25) is 5.91 Å². The van der Waals surface area contributed by atoms with Crippen molar-refractivity contribution in [2.45, 2.75) is 12.8 Å². The number of rotatable bonds is 7. The van der Waals surface area contributed by atoms with Gasteiger partial charge in [-0.25, -0.2) is 9.69 Å². The minimum atomic E-state index is -0.658. The van der Waals surface area contributed by atoms with Gasteiger partial charge in [-0.1, -0.05) is 12.1 Å². The summed E-state index contributed by atoms with van der Waals surface area (Å²) in [6.07, 6.45) is 3.88. The second kappa shape index (κ2) is 9.64. The zero-order chi connectivity index (χ0) is 23.4. The molecule has 0 saturated carbocycles. The van der Waals surface area contributed by atoms with Crippen molar-refractivity contribution in [2.75, 3.05) is 44.1 Å². The third kappa shape index (κ3) is 4.77. The molecule has 2 fully saturated rings. The van der Waals surface area contributed by atoms with Crippen molar-refractivity contribution in [2.24, 2.45) is 0 Å². The number of methoxy groups -OCH3 is 2. The van der Waals surface area contributed by atoms with Crippen LogP contribution in [0.5, 0.6) is 11.5 Å². The van der Waals surface area contributed by atoms with E-state index in [1.165, 1.54) is 7.11 Å². The summed E-state index contributed by atoms with van der Waals surface area (Å²) in [4.78, 5) is 40.8. The fourth-order valence-corrected chi connectivity index (χ4v) is 3.94. The van der Waals surface area contributed by atoms with Crippen LogP contribution >= 0.6 is 0 Å². The van der Waals surface area contributed by atoms with E-state index in [2.05, 4.69) is 15.5 Å². The van der Waals surface area contributed by atoms with Crippen LogP contribution in [0.3, 0.4) is 0 Å². The van der Waals surface area contributed by atoms with Crippen LogP contribution in [-0.2, 0) is 9.59 Å². The van der Waals surface area contributed by atoms with Crippen LogP contribution in [0.25, 0.3) is 6.08 Å². The number of benzene rings is 2. The van der Waals surface area contributed by atoms with Crippen LogP contribution in [0.1, 0.15) is 18.4 Å². The van der Waals surface area contributed by atoms with Gasteiger partial charge in [0.1, 0.15) is 23.7 Å². The van der Waals surface area contributed by atoms with Gasteiger partial charge in [0.25, 0.3) is 5.91 Å². The number of amides is 4. The molecule has 9 heteroatoms. The minimum Gasteiger partial charge on any atom is -0.496 e. The van der Waals surface area contributed by atoms with Crippen molar-refractivity contribution in [3.63, 3.8) is 0 Å². The number of urea groups is 1. The number of hydrogen-bond acceptors (Lipinski definition) is 6. The molecule has 0 aliphatic carbocycles. The number of nitrogens with zero attached hydrogens (tertiary/aromatic N) is 2. The second-order valence-corrected chi connectivity index (χ2v) is 7.75. The summed E-state index contributed by atoms with van der Waals surface area (Å²) in [5, 5.41) is 5.21. The zero-order valence-corrected chi connectivity index (χ0v) is 18.6. The molecule has 0 spiro atoms. The van der Waals surface area contributed by atoms with Gasteiger partial charge in [-0.05, 0) is 43.2 Å². The molecule has 9 nitrogen and oxygen atoms in total. The van der Waals surface area contributed by atoms with E-state index < -0.39 is 24.4 Å². The number of carbonyl (C=O) groups excluding carboxylic acids is 3. The van der Waals surface area contributed by atoms with Crippen molar-refractivity contribution < 1.29 is 23.9 Å². The molecule has 0 bridgehead atoms. The van der Waals surface area contributed by atoms with E-state index in [4.69, 9.17) is 9.47 Å². The first-order chi connectivity index (χ1) is 16.0. The molecule has 0 unspecified atom stereocenters. The molecule has 2 aromatic rings. The highest BCUT2D eigenvalue weighted by Crippen LogP contribution is 2.30. The fourth-order valence-electron chi connectivity index (χ4n) is 3.94. The largest absolute Gasteiger partial charge is 0.496 e. The number of nitrogens with one attached hydrogen (secondary N) is 2. The standard InChI is InChI=1S/C24H26N4O5/c1-32-20-8-4-3-7-18(20)25-22(29)15-28-23(30)19(26-24(28)31)13-16-9-10-17(14-21(16)33-2)27-11-5-6-12-27/h3-4,7-10,13-14H,5-6,11-12,15H2,1-2H3,(H,25,29)(H,26,31)/b19-13+. The summed E-state index contributed by atoms with van der Waals surface area (Å²) in [6.45, 7) is 1.58. The Bertz CT molecular complexity index is 1110. The molecule has 2 saturated heterocycles. The van der Waals surface area contributed by atoms with Gasteiger partial charge < -0.3 is 25.0 Å². The second-order valence-electron chi connectivity index (χ2n) is 7.75. The highest BCUT2D eigenvalue weighted by Gasteiger charge is 2.35. The maximum absolute atomic E-state index is 12.8. The number of imide groups is 1. The van der Waals surface area contributed by atoms with Crippen LogP contribution in [0, 0.1) is 0 Å². The maximum Gasteiger partial charge on any atom is 0.329 e. The number of anilines is 2. The highest BCUT2D eigenvalue weighted by atomic mass is 16.5. The molecule has 2 aliphatic heterocycles. The number of para-hydroxylation sites is 2. The number of carbonyl (C=O) groups is 3. The lowest BCUT2D eigenvalue weighted by atomic mass is 10.1. The smallest absolute Gasteiger partial charge is 0.329 e.